The van der Waals surface area contributed by atoms with E-state index in [1.165, 1.54) is 0 Å². The molecule has 1 heterocycles. The molecule has 19 heavy (non-hydrogen) atoms. The van der Waals surface area contributed by atoms with Crippen LogP contribution in [0.1, 0.15) is 22.4 Å². The lowest BCUT2D eigenvalue weighted by atomic mass is 10.1. The number of pyridine rings is 1. The van der Waals surface area contributed by atoms with E-state index in [4.69, 9.17) is 15.9 Å². The van der Waals surface area contributed by atoms with Crippen molar-refractivity contribution in [2.24, 2.45) is 5.73 Å². The van der Waals surface area contributed by atoms with Crippen molar-refractivity contribution in [3.8, 4) is 11.5 Å². The van der Waals surface area contributed by atoms with Gasteiger partial charge in [0.05, 0.1) is 0 Å². The van der Waals surface area contributed by atoms with Gasteiger partial charge in [-0.3, -0.25) is 5.41 Å². The van der Waals surface area contributed by atoms with Crippen LogP contribution in [0.15, 0.2) is 30.5 Å². The standard InChI is InChI=1S/C15H17N3O/c1-9-6-7-10(2)14(11(9)3)19-12-5-4-8-18-13(12)15(16)17/h4-8H,1-3H3,(H3,16,17). The van der Waals surface area contributed by atoms with Crippen molar-refractivity contribution in [2.75, 3.05) is 0 Å². The van der Waals surface area contributed by atoms with Crippen molar-refractivity contribution in [1.29, 1.82) is 5.41 Å². The molecule has 0 aliphatic heterocycles. The number of amidine groups is 1. The number of benzene rings is 1. The SMILES string of the molecule is Cc1ccc(C)c(Oc2cccnc2C(=N)N)c1C. The van der Waals surface area contributed by atoms with E-state index in [2.05, 4.69) is 11.1 Å². The summed E-state index contributed by atoms with van der Waals surface area (Å²) < 4.78 is 5.93. The smallest absolute Gasteiger partial charge is 0.156 e. The highest BCUT2D eigenvalue weighted by molar-refractivity contribution is 5.95. The highest BCUT2D eigenvalue weighted by Crippen LogP contribution is 2.31. The lowest BCUT2D eigenvalue weighted by Gasteiger charge is -2.15. The number of hydrogen-bond acceptors (Lipinski definition) is 3. The molecule has 0 unspecified atom stereocenters. The number of aromatic nitrogens is 1. The Morgan fingerprint density at radius 1 is 1.16 bits per heavy atom. The minimum Gasteiger partial charge on any atom is -0.454 e. The Balaban J connectivity index is 2.48. The van der Waals surface area contributed by atoms with Crippen molar-refractivity contribution in [1.82, 2.24) is 4.98 Å². The molecule has 0 aliphatic rings. The largest absolute Gasteiger partial charge is 0.454 e. The zero-order valence-corrected chi connectivity index (χ0v) is 11.3. The minimum atomic E-state index is -0.0986. The molecule has 1 aromatic heterocycles. The zero-order valence-electron chi connectivity index (χ0n) is 11.3. The highest BCUT2D eigenvalue weighted by Gasteiger charge is 2.12. The second-order valence-electron chi connectivity index (χ2n) is 4.52. The van der Waals surface area contributed by atoms with Crippen LogP contribution in [0.3, 0.4) is 0 Å². The Hall–Kier alpha value is -2.36. The fourth-order valence-corrected chi connectivity index (χ4v) is 1.87. The lowest BCUT2D eigenvalue weighted by molar-refractivity contribution is 0.471. The molecule has 0 fully saturated rings. The molecule has 2 aromatic rings. The van der Waals surface area contributed by atoms with Crippen molar-refractivity contribution < 1.29 is 4.74 Å². The highest BCUT2D eigenvalue weighted by atomic mass is 16.5. The topological polar surface area (TPSA) is 72.0 Å². The van der Waals surface area contributed by atoms with E-state index in [9.17, 15) is 0 Å². The van der Waals surface area contributed by atoms with Crippen LogP contribution in [-0.4, -0.2) is 10.8 Å². The van der Waals surface area contributed by atoms with Gasteiger partial charge in [0.25, 0.3) is 0 Å². The van der Waals surface area contributed by atoms with E-state index in [1.54, 1.807) is 18.3 Å². The Labute approximate surface area is 112 Å². The number of nitrogens with two attached hydrogens (primary N) is 1. The summed E-state index contributed by atoms with van der Waals surface area (Å²) in [6.45, 7) is 6.05. The van der Waals surface area contributed by atoms with Crippen molar-refractivity contribution in [3.63, 3.8) is 0 Å². The van der Waals surface area contributed by atoms with Crippen LogP contribution in [0.4, 0.5) is 0 Å². The minimum absolute atomic E-state index is 0.0986. The molecule has 98 valence electrons. The predicted molar refractivity (Wildman–Crippen MR) is 76.0 cm³/mol. The third kappa shape index (κ3) is 2.57. The van der Waals surface area contributed by atoms with Gasteiger partial charge >= 0.3 is 0 Å². The first-order valence-electron chi connectivity index (χ1n) is 6.04. The van der Waals surface area contributed by atoms with Crippen molar-refractivity contribution in [2.45, 2.75) is 20.8 Å². The van der Waals surface area contributed by atoms with E-state index in [0.29, 0.717) is 11.4 Å². The van der Waals surface area contributed by atoms with Crippen molar-refractivity contribution >= 4 is 5.84 Å². The van der Waals surface area contributed by atoms with Crippen LogP contribution in [-0.2, 0) is 0 Å². The second-order valence-corrected chi connectivity index (χ2v) is 4.52. The van der Waals surface area contributed by atoms with Gasteiger partial charge in [-0.2, -0.15) is 0 Å². The summed E-state index contributed by atoms with van der Waals surface area (Å²) in [5, 5.41) is 7.53. The molecule has 0 atom stereocenters. The van der Waals surface area contributed by atoms with Crippen LogP contribution in [0.2, 0.25) is 0 Å². The molecule has 0 saturated heterocycles. The van der Waals surface area contributed by atoms with Crippen molar-refractivity contribution in [3.05, 3.63) is 52.8 Å². The fourth-order valence-electron chi connectivity index (χ4n) is 1.87. The van der Waals surface area contributed by atoms with E-state index in [0.717, 1.165) is 22.4 Å². The summed E-state index contributed by atoms with van der Waals surface area (Å²) in [6.07, 6.45) is 1.60. The molecule has 4 heteroatoms. The number of nitrogens with one attached hydrogen (secondary N) is 1. The fraction of sp³-hybridized carbons (Fsp3) is 0.200. The maximum atomic E-state index is 7.53. The summed E-state index contributed by atoms with van der Waals surface area (Å²) in [4.78, 5) is 4.08. The average Bonchev–Trinajstić information content (AvgIpc) is 2.39. The third-order valence-corrected chi connectivity index (χ3v) is 3.11. The summed E-state index contributed by atoms with van der Waals surface area (Å²) in [7, 11) is 0. The van der Waals surface area contributed by atoms with E-state index >= 15 is 0 Å². The van der Waals surface area contributed by atoms with Gasteiger partial charge in [-0.05, 0) is 49.6 Å². The Bertz CT molecular complexity index is 635. The molecule has 0 saturated carbocycles. The Morgan fingerprint density at radius 2 is 1.84 bits per heavy atom. The molecular weight excluding hydrogens is 238 g/mol. The van der Waals surface area contributed by atoms with Gasteiger partial charge in [0.2, 0.25) is 0 Å². The van der Waals surface area contributed by atoms with Crippen LogP contribution in [0.5, 0.6) is 11.5 Å². The first kappa shape index (κ1) is 13.1. The molecule has 3 N–H and O–H groups in total. The number of nitrogen functional groups attached to an aromatic ring is 1. The van der Waals surface area contributed by atoms with Gasteiger partial charge in [0.1, 0.15) is 17.3 Å². The monoisotopic (exact) mass is 255 g/mol. The van der Waals surface area contributed by atoms with E-state index in [1.807, 2.05) is 26.8 Å². The summed E-state index contributed by atoms with van der Waals surface area (Å²) in [5.41, 5.74) is 9.16. The maximum Gasteiger partial charge on any atom is 0.156 e. The molecular formula is C15H17N3O. The summed E-state index contributed by atoms with van der Waals surface area (Å²) in [6, 6.07) is 7.61. The Kier molecular flexibility index (Phi) is 3.51. The predicted octanol–water partition coefficient (Wildman–Crippen LogP) is 3.08. The van der Waals surface area contributed by atoms with Gasteiger partial charge in [0, 0.05) is 6.20 Å². The summed E-state index contributed by atoms with van der Waals surface area (Å²) >= 11 is 0. The molecule has 0 spiro atoms. The molecule has 0 bridgehead atoms. The molecule has 1 aromatic carbocycles. The summed E-state index contributed by atoms with van der Waals surface area (Å²) in [5.74, 6) is 1.21. The molecule has 4 nitrogen and oxygen atoms in total. The average molecular weight is 255 g/mol. The van der Waals surface area contributed by atoms with Gasteiger partial charge in [-0.25, -0.2) is 4.98 Å². The van der Waals surface area contributed by atoms with Crippen LogP contribution >= 0.6 is 0 Å². The number of rotatable bonds is 3. The van der Waals surface area contributed by atoms with E-state index < -0.39 is 0 Å². The third-order valence-electron chi connectivity index (χ3n) is 3.11. The zero-order chi connectivity index (χ0) is 14.0. The van der Waals surface area contributed by atoms with Crippen LogP contribution < -0.4 is 10.5 Å². The normalized spacial score (nSPS) is 10.3. The van der Waals surface area contributed by atoms with E-state index in [-0.39, 0.29) is 5.84 Å². The number of aryl methyl sites for hydroxylation is 2. The van der Waals surface area contributed by atoms with Gasteiger partial charge < -0.3 is 10.5 Å². The Morgan fingerprint density at radius 3 is 2.53 bits per heavy atom. The quantitative estimate of drug-likeness (QED) is 0.654. The number of ether oxygens (including phenoxy) is 1. The van der Waals surface area contributed by atoms with Crippen LogP contribution in [0.25, 0.3) is 0 Å². The first-order valence-corrected chi connectivity index (χ1v) is 6.04. The second kappa shape index (κ2) is 5.10. The first-order chi connectivity index (χ1) is 9.00. The number of nitrogens with zero attached hydrogens (tertiary/aromatic N) is 1. The number of hydrogen-bond donors (Lipinski definition) is 2. The maximum absolute atomic E-state index is 7.53. The van der Waals surface area contributed by atoms with Gasteiger partial charge in [-0.1, -0.05) is 12.1 Å². The molecule has 0 aliphatic carbocycles. The van der Waals surface area contributed by atoms with Crippen LogP contribution in [0, 0.1) is 26.2 Å². The van der Waals surface area contributed by atoms with Gasteiger partial charge in [0.15, 0.2) is 5.75 Å². The molecule has 0 radical (unpaired) electrons. The van der Waals surface area contributed by atoms with Gasteiger partial charge in [-0.15, -0.1) is 0 Å². The molecule has 0 amide bonds. The molecule has 2 rings (SSSR count). The lowest BCUT2D eigenvalue weighted by Crippen LogP contribution is -2.14.